The Bertz CT molecular complexity index is 548. The van der Waals surface area contributed by atoms with Gasteiger partial charge in [-0.15, -0.1) is 0 Å². The zero-order valence-corrected chi connectivity index (χ0v) is 10.3. The van der Waals surface area contributed by atoms with Crippen LogP contribution in [0.2, 0.25) is 0 Å². The molecule has 0 bridgehead atoms. The van der Waals surface area contributed by atoms with Crippen LogP contribution in [-0.4, -0.2) is 17.2 Å². The van der Waals surface area contributed by atoms with Gasteiger partial charge in [0.2, 0.25) is 0 Å². The summed E-state index contributed by atoms with van der Waals surface area (Å²) in [6.07, 6.45) is 4.78. The van der Waals surface area contributed by atoms with E-state index >= 15 is 0 Å². The Kier molecular flexibility index (Phi) is 2.88. The van der Waals surface area contributed by atoms with E-state index in [1.54, 1.807) is 12.3 Å². The van der Waals surface area contributed by atoms with Gasteiger partial charge in [-0.2, -0.15) is 5.10 Å². The molecule has 0 saturated carbocycles. The van der Waals surface area contributed by atoms with Crippen LogP contribution in [0.25, 0.3) is 11.3 Å². The zero-order chi connectivity index (χ0) is 12.5. The molecule has 1 aromatic carbocycles. The predicted octanol–water partition coefficient (Wildman–Crippen LogP) is 2.81. The molecule has 2 aromatic rings. The third kappa shape index (κ3) is 1.73. The number of hydrogen-bond acceptors (Lipinski definition) is 2. The first kappa shape index (κ1) is 11.4. The molecule has 1 aliphatic carbocycles. The van der Waals surface area contributed by atoms with Crippen molar-refractivity contribution in [3.05, 3.63) is 41.3 Å². The summed E-state index contributed by atoms with van der Waals surface area (Å²) in [6.45, 7) is 0. The number of hydrogen-bond donors (Lipinski definition) is 2. The number of rotatable bonds is 2. The molecule has 1 heterocycles. The Hall–Kier alpha value is -1.68. The lowest BCUT2D eigenvalue weighted by atomic mass is 9.84. The third-order valence-electron chi connectivity index (χ3n) is 3.71. The van der Waals surface area contributed by atoms with Gasteiger partial charge >= 0.3 is 0 Å². The maximum absolute atomic E-state index is 14.1. The van der Waals surface area contributed by atoms with Crippen molar-refractivity contribution in [2.75, 3.05) is 7.05 Å². The van der Waals surface area contributed by atoms with Crippen LogP contribution in [0.1, 0.15) is 30.0 Å². The van der Waals surface area contributed by atoms with E-state index in [-0.39, 0.29) is 5.82 Å². The van der Waals surface area contributed by atoms with Crippen LogP contribution >= 0.6 is 0 Å². The molecule has 1 aromatic heterocycles. The maximum Gasteiger partial charge on any atom is 0.132 e. The molecule has 4 heteroatoms. The van der Waals surface area contributed by atoms with Crippen molar-refractivity contribution in [3.63, 3.8) is 0 Å². The van der Waals surface area contributed by atoms with E-state index in [0.29, 0.717) is 11.6 Å². The molecule has 1 aliphatic rings. The molecule has 3 nitrogen and oxygen atoms in total. The number of aromatic nitrogens is 2. The molecule has 0 spiro atoms. The quantitative estimate of drug-likeness (QED) is 0.854. The Morgan fingerprint density at radius 3 is 3.00 bits per heavy atom. The van der Waals surface area contributed by atoms with Gasteiger partial charge in [0.25, 0.3) is 0 Å². The molecule has 1 atom stereocenters. The second-order valence-electron chi connectivity index (χ2n) is 4.69. The summed E-state index contributed by atoms with van der Waals surface area (Å²) >= 11 is 0. The van der Waals surface area contributed by atoms with Crippen molar-refractivity contribution in [2.24, 2.45) is 0 Å². The van der Waals surface area contributed by atoms with Crippen molar-refractivity contribution in [3.8, 4) is 11.3 Å². The number of benzene rings is 1. The van der Waals surface area contributed by atoms with Crippen LogP contribution < -0.4 is 5.32 Å². The van der Waals surface area contributed by atoms with Crippen LogP contribution in [0.4, 0.5) is 4.39 Å². The Balaban J connectivity index is 2.19. The molecule has 94 valence electrons. The second kappa shape index (κ2) is 4.53. The van der Waals surface area contributed by atoms with Crippen LogP contribution in [0.3, 0.4) is 0 Å². The number of H-pyrrole nitrogens is 1. The molecule has 0 aliphatic heterocycles. The van der Waals surface area contributed by atoms with Gasteiger partial charge in [-0.05, 0) is 49.6 Å². The largest absolute Gasteiger partial charge is 0.313 e. The van der Waals surface area contributed by atoms with E-state index in [1.165, 1.54) is 5.56 Å². The van der Waals surface area contributed by atoms with Gasteiger partial charge in [-0.25, -0.2) is 4.39 Å². The van der Waals surface area contributed by atoms with Gasteiger partial charge in [0.15, 0.2) is 0 Å². The first-order valence-electron chi connectivity index (χ1n) is 6.29. The molecule has 0 radical (unpaired) electrons. The predicted molar refractivity (Wildman–Crippen MR) is 68.7 cm³/mol. The van der Waals surface area contributed by atoms with E-state index in [4.69, 9.17) is 0 Å². The van der Waals surface area contributed by atoms with Crippen molar-refractivity contribution >= 4 is 0 Å². The summed E-state index contributed by atoms with van der Waals surface area (Å²) in [6, 6.07) is 5.62. The van der Waals surface area contributed by atoms with Gasteiger partial charge < -0.3 is 5.32 Å². The summed E-state index contributed by atoms with van der Waals surface area (Å²) in [5.41, 5.74) is 3.78. The second-order valence-corrected chi connectivity index (χ2v) is 4.69. The Labute approximate surface area is 105 Å². The molecule has 0 amide bonds. The summed E-state index contributed by atoms with van der Waals surface area (Å²) in [7, 11) is 1.96. The lowest BCUT2D eigenvalue weighted by Gasteiger charge is -2.27. The molecular formula is C14H16FN3. The highest BCUT2D eigenvalue weighted by molar-refractivity contribution is 5.66. The fourth-order valence-electron chi connectivity index (χ4n) is 2.86. The first-order valence-corrected chi connectivity index (χ1v) is 6.29. The van der Waals surface area contributed by atoms with Crippen LogP contribution in [-0.2, 0) is 6.42 Å². The number of nitrogens with one attached hydrogen (secondary N) is 2. The molecule has 0 saturated heterocycles. The van der Waals surface area contributed by atoms with E-state index in [9.17, 15) is 4.39 Å². The number of nitrogens with zero attached hydrogens (tertiary/aromatic N) is 1. The van der Waals surface area contributed by atoms with Crippen molar-refractivity contribution in [1.29, 1.82) is 0 Å². The SMILES string of the molecule is CNC1CCCc2c1ccc(F)c2-c1ccn[nH]1. The zero-order valence-electron chi connectivity index (χ0n) is 10.3. The third-order valence-corrected chi connectivity index (χ3v) is 3.71. The normalized spacial score (nSPS) is 18.7. The van der Waals surface area contributed by atoms with Gasteiger partial charge in [0.05, 0.1) is 5.69 Å². The summed E-state index contributed by atoms with van der Waals surface area (Å²) < 4.78 is 14.1. The molecule has 2 N–H and O–H groups in total. The van der Waals surface area contributed by atoms with E-state index in [1.807, 2.05) is 19.2 Å². The topological polar surface area (TPSA) is 40.7 Å². The van der Waals surface area contributed by atoms with Crippen LogP contribution in [0.15, 0.2) is 24.4 Å². The molecule has 1 unspecified atom stereocenters. The lowest BCUT2D eigenvalue weighted by Crippen LogP contribution is -2.22. The fraction of sp³-hybridized carbons (Fsp3) is 0.357. The van der Waals surface area contributed by atoms with Gasteiger partial charge in [0, 0.05) is 17.8 Å². The van der Waals surface area contributed by atoms with E-state index < -0.39 is 0 Å². The summed E-state index contributed by atoms with van der Waals surface area (Å²) in [5.74, 6) is -0.172. The highest BCUT2D eigenvalue weighted by atomic mass is 19.1. The average Bonchev–Trinajstić information content (AvgIpc) is 2.91. The van der Waals surface area contributed by atoms with Gasteiger partial charge in [-0.1, -0.05) is 6.07 Å². The minimum atomic E-state index is -0.172. The highest BCUT2D eigenvalue weighted by Crippen LogP contribution is 2.36. The highest BCUT2D eigenvalue weighted by Gasteiger charge is 2.24. The number of halogens is 1. The number of fused-ring (bicyclic) bond motifs is 1. The molecule has 0 fully saturated rings. The standard InChI is InChI=1S/C14H16FN3/c1-16-12-4-2-3-10-9(12)5-6-11(15)14(10)13-7-8-17-18-13/h5-8,12,16H,2-4H2,1H3,(H,17,18). The monoisotopic (exact) mass is 245 g/mol. The minimum Gasteiger partial charge on any atom is -0.313 e. The number of aromatic amines is 1. The van der Waals surface area contributed by atoms with Crippen molar-refractivity contribution < 1.29 is 4.39 Å². The lowest BCUT2D eigenvalue weighted by molar-refractivity contribution is 0.494. The van der Waals surface area contributed by atoms with Crippen molar-refractivity contribution in [2.45, 2.75) is 25.3 Å². The first-order chi connectivity index (χ1) is 8.81. The van der Waals surface area contributed by atoms with Crippen molar-refractivity contribution in [1.82, 2.24) is 15.5 Å². The molecule has 3 rings (SSSR count). The maximum atomic E-state index is 14.1. The van der Waals surface area contributed by atoms with E-state index in [0.717, 1.165) is 30.5 Å². The summed E-state index contributed by atoms with van der Waals surface area (Å²) in [5, 5.41) is 10.1. The minimum absolute atomic E-state index is 0.172. The van der Waals surface area contributed by atoms with Gasteiger partial charge in [-0.3, -0.25) is 5.10 Å². The smallest absolute Gasteiger partial charge is 0.132 e. The van der Waals surface area contributed by atoms with Gasteiger partial charge in [0.1, 0.15) is 5.82 Å². The summed E-state index contributed by atoms with van der Waals surface area (Å²) in [4.78, 5) is 0. The average molecular weight is 245 g/mol. The fourth-order valence-corrected chi connectivity index (χ4v) is 2.86. The Morgan fingerprint density at radius 2 is 2.28 bits per heavy atom. The molecular weight excluding hydrogens is 229 g/mol. The van der Waals surface area contributed by atoms with E-state index in [2.05, 4.69) is 15.5 Å². The molecule has 18 heavy (non-hydrogen) atoms. The van der Waals surface area contributed by atoms with Crippen LogP contribution in [0, 0.1) is 5.82 Å². The van der Waals surface area contributed by atoms with Crippen LogP contribution in [0.5, 0.6) is 0 Å². The Morgan fingerprint density at radius 1 is 1.39 bits per heavy atom.